The van der Waals surface area contributed by atoms with Crippen LogP contribution in [0.5, 0.6) is 0 Å². The van der Waals surface area contributed by atoms with Crippen LogP contribution in [0.1, 0.15) is 94.8 Å². The summed E-state index contributed by atoms with van der Waals surface area (Å²) >= 11 is 1.27. The van der Waals surface area contributed by atoms with E-state index in [-0.39, 0.29) is 30.5 Å². The molecule has 0 aliphatic carbocycles. The van der Waals surface area contributed by atoms with Crippen molar-refractivity contribution in [3.8, 4) is 0 Å². The lowest BCUT2D eigenvalue weighted by Gasteiger charge is -2.31. The normalized spacial score (nSPS) is 17.8. The first-order valence-electron chi connectivity index (χ1n) is 16.4. The molecule has 3 rings (SSSR count). The zero-order valence-electron chi connectivity index (χ0n) is 28.8. The fourth-order valence-corrected chi connectivity index (χ4v) is 6.26. The molecule has 1 aromatic heterocycles. The molecule has 264 valence electrons. The second kappa shape index (κ2) is 17.4. The van der Waals surface area contributed by atoms with E-state index < -0.39 is 59.7 Å². The highest BCUT2D eigenvalue weighted by atomic mass is 32.1. The molecule has 1 aromatic carbocycles. The lowest BCUT2D eigenvalue weighted by molar-refractivity contribution is -0.139. The number of alkyl carbamates (subject to hydrolysis) is 1. The number of carbonyl (C=O) groups is 5. The standard InChI is InChI=1S/C34H49N5O8S/c1-8-20(3)26(38-33(45)47-34(5,6)7)28(41)37-27(21(4)40)29(42)35-23(18-22-14-11-10-12-15-22)31(43)39-17-13-16-25(39)30-36-24(19-48-30)32(44)46-9-2/h10-12,14-15,19-21,23,25-27,40H,8-9,13,16-18H2,1-7H3,(H,35,42)(H,37,41)(H,38,45)/t20-,21-,23-,25-,26-,27-/m0/s1. The first-order valence-corrected chi connectivity index (χ1v) is 17.3. The number of likely N-dealkylation sites (tertiary alicyclic amines) is 1. The number of rotatable bonds is 14. The minimum atomic E-state index is -1.43. The van der Waals surface area contributed by atoms with Crippen molar-refractivity contribution < 1.29 is 38.6 Å². The largest absolute Gasteiger partial charge is 0.461 e. The number of esters is 1. The Morgan fingerprint density at radius 3 is 2.29 bits per heavy atom. The lowest BCUT2D eigenvalue weighted by atomic mass is 9.97. The van der Waals surface area contributed by atoms with E-state index in [2.05, 4.69) is 20.9 Å². The molecule has 4 amide bonds. The molecule has 1 aliphatic rings. The molecule has 6 atom stereocenters. The topological polar surface area (TPSA) is 176 Å². The number of thiazole rings is 1. The number of amides is 4. The number of carbonyl (C=O) groups excluding carboxylic acids is 5. The second-order valence-electron chi connectivity index (χ2n) is 13.0. The van der Waals surface area contributed by atoms with E-state index in [1.807, 2.05) is 37.3 Å². The molecule has 1 aliphatic heterocycles. The van der Waals surface area contributed by atoms with E-state index in [0.717, 1.165) is 5.56 Å². The highest BCUT2D eigenvalue weighted by molar-refractivity contribution is 7.09. The monoisotopic (exact) mass is 687 g/mol. The van der Waals surface area contributed by atoms with Crippen LogP contribution in [0.2, 0.25) is 0 Å². The molecule has 13 nitrogen and oxygen atoms in total. The van der Waals surface area contributed by atoms with Crippen LogP contribution in [0, 0.1) is 5.92 Å². The molecule has 0 unspecified atom stereocenters. The van der Waals surface area contributed by atoms with Crippen LogP contribution in [-0.4, -0.2) is 87.8 Å². The molecule has 1 saturated heterocycles. The molecule has 0 spiro atoms. The summed E-state index contributed by atoms with van der Waals surface area (Å²) < 4.78 is 10.4. The Hall–Kier alpha value is -4.04. The molecular weight excluding hydrogens is 638 g/mol. The molecule has 48 heavy (non-hydrogen) atoms. The number of aliphatic hydroxyl groups is 1. The van der Waals surface area contributed by atoms with Crippen molar-refractivity contribution >= 4 is 41.1 Å². The van der Waals surface area contributed by atoms with Gasteiger partial charge in [0.2, 0.25) is 17.7 Å². The van der Waals surface area contributed by atoms with Gasteiger partial charge in [0, 0.05) is 18.3 Å². The van der Waals surface area contributed by atoms with Crippen molar-refractivity contribution in [1.82, 2.24) is 25.8 Å². The minimum Gasteiger partial charge on any atom is -0.461 e. The van der Waals surface area contributed by atoms with Crippen molar-refractivity contribution in [1.29, 1.82) is 0 Å². The highest BCUT2D eigenvalue weighted by Crippen LogP contribution is 2.34. The smallest absolute Gasteiger partial charge is 0.408 e. The van der Waals surface area contributed by atoms with Crippen molar-refractivity contribution in [3.63, 3.8) is 0 Å². The van der Waals surface area contributed by atoms with Crippen molar-refractivity contribution in [2.75, 3.05) is 13.2 Å². The van der Waals surface area contributed by atoms with E-state index in [1.165, 1.54) is 18.3 Å². The third-order valence-electron chi connectivity index (χ3n) is 7.96. The maximum Gasteiger partial charge on any atom is 0.408 e. The summed E-state index contributed by atoms with van der Waals surface area (Å²) in [5, 5.41) is 20.8. The number of ether oxygens (including phenoxy) is 2. The van der Waals surface area contributed by atoms with E-state index in [9.17, 15) is 29.1 Å². The van der Waals surface area contributed by atoms with Gasteiger partial charge in [-0.15, -0.1) is 11.3 Å². The summed E-state index contributed by atoms with van der Waals surface area (Å²) in [6, 6.07) is 5.25. The van der Waals surface area contributed by atoms with Gasteiger partial charge in [0.15, 0.2) is 5.69 Å². The van der Waals surface area contributed by atoms with Gasteiger partial charge < -0.3 is 35.4 Å². The Morgan fingerprint density at radius 1 is 1.02 bits per heavy atom. The third kappa shape index (κ3) is 10.7. The van der Waals surface area contributed by atoms with Gasteiger partial charge in [-0.05, 0) is 58.9 Å². The van der Waals surface area contributed by atoms with Gasteiger partial charge in [0.25, 0.3) is 0 Å². The highest BCUT2D eigenvalue weighted by Gasteiger charge is 2.39. The Balaban J connectivity index is 1.84. The van der Waals surface area contributed by atoms with Gasteiger partial charge in [0.05, 0.1) is 18.8 Å². The van der Waals surface area contributed by atoms with Crippen LogP contribution >= 0.6 is 11.3 Å². The van der Waals surface area contributed by atoms with Crippen LogP contribution in [0.15, 0.2) is 35.7 Å². The number of hydrogen-bond acceptors (Lipinski definition) is 10. The summed E-state index contributed by atoms with van der Waals surface area (Å²) in [5.41, 5.74) is 0.180. The number of nitrogens with zero attached hydrogens (tertiary/aromatic N) is 2. The summed E-state index contributed by atoms with van der Waals surface area (Å²) in [4.78, 5) is 72.3. The van der Waals surface area contributed by atoms with Gasteiger partial charge in [-0.25, -0.2) is 14.6 Å². The van der Waals surface area contributed by atoms with Gasteiger partial charge >= 0.3 is 12.1 Å². The van der Waals surface area contributed by atoms with E-state index in [4.69, 9.17) is 9.47 Å². The average molecular weight is 688 g/mol. The van der Waals surface area contributed by atoms with Crippen LogP contribution in [0.3, 0.4) is 0 Å². The first-order chi connectivity index (χ1) is 22.6. The van der Waals surface area contributed by atoms with Gasteiger partial charge in [0.1, 0.15) is 28.7 Å². The van der Waals surface area contributed by atoms with E-state index in [0.29, 0.717) is 30.8 Å². The Bertz CT molecular complexity index is 1410. The van der Waals surface area contributed by atoms with Gasteiger partial charge in [-0.2, -0.15) is 0 Å². The molecule has 0 radical (unpaired) electrons. The molecule has 14 heteroatoms. The number of nitrogens with one attached hydrogen (secondary N) is 3. The molecular formula is C34H49N5O8S. The number of hydrogen-bond donors (Lipinski definition) is 4. The van der Waals surface area contributed by atoms with Crippen LogP contribution in [-0.2, 0) is 30.3 Å². The van der Waals surface area contributed by atoms with E-state index in [1.54, 1.807) is 44.9 Å². The fraction of sp³-hybridized carbons (Fsp3) is 0.588. The fourth-order valence-electron chi connectivity index (χ4n) is 5.32. The molecule has 4 N–H and O–H groups in total. The second-order valence-corrected chi connectivity index (χ2v) is 13.9. The predicted octanol–water partition coefficient (Wildman–Crippen LogP) is 3.52. The maximum atomic E-state index is 14.2. The van der Waals surface area contributed by atoms with Crippen LogP contribution < -0.4 is 16.0 Å². The number of aliphatic hydroxyl groups excluding tert-OH is 1. The average Bonchev–Trinajstić information content (AvgIpc) is 3.71. The third-order valence-corrected chi connectivity index (χ3v) is 8.90. The summed E-state index contributed by atoms with van der Waals surface area (Å²) in [5.74, 6) is -2.66. The molecule has 2 aromatic rings. The summed E-state index contributed by atoms with van der Waals surface area (Å²) in [6.07, 6.45) is -0.117. The molecule has 0 bridgehead atoms. The Kier molecular flexibility index (Phi) is 13.9. The SMILES string of the molecule is CCOC(=O)c1csc([C@@H]2CCCN2C(=O)[C@H](Cc2ccccc2)NC(=O)[C@@H](NC(=O)[C@@H](NC(=O)OC(C)(C)C)[C@@H](C)CC)[C@H](C)O)n1. The van der Waals surface area contributed by atoms with Crippen molar-refractivity contribution in [2.24, 2.45) is 5.92 Å². The van der Waals surface area contributed by atoms with Crippen LogP contribution in [0.25, 0.3) is 0 Å². The number of aromatic nitrogens is 1. The van der Waals surface area contributed by atoms with E-state index >= 15 is 0 Å². The maximum absolute atomic E-state index is 14.2. The zero-order chi connectivity index (χ0) is 35.6. The summed E-state index contributed by atoms with van der Waals surface area (Å²) in [6.45, 7) is 12.4. The zero-order valence-corrected chi connectivity index (χ0v) is 29.6. The quantitative estimate of drug-likeness (QED) is 0.217. The van der Waals surface area contributed by atoms with Crippen LogP contribution in [0.4, 0.5) is 4.79 Å². The molecule has 2 heterocycles. The number of benzene rings is 1. The molecule has 1 fully saturated rings. The minimum absolute atomic E-state index is 0.150. The summed E-state index contributed by atoms with van der Waals surface area (Å²) in [7, 11) is 0. The predicted molar refractivity (Wildman–Crippen MR) is 180 cm³/mol. The van der Waals surface area contributed by atoms with Gasteiger partial charge in [-0.1, -0.05) is 50.6 Å². The van der Waals surface area contributed by atoms with Crippen molar-refractivity contribution in [3.05, 3.63) is 52.0 Å². The van der Waals surface area contributed by atoms with Gasteiger partial charge in [-0.3, -0.25) is 14.4 Å². The first kappa shape index (κ1) is 38.4. The van der Waals surface area contributed by atoms with Crippen molar-refractivity contribution in [2.45, 2.75) is 110 Å². The molecule has 0 saturated carbocycles. The Labute approximate surface area is 286 Å². The lowest BCUT2D eigenvalue weighted by Crippen LogP contribution is -2.61. The Morgan fingerprint density at radius 2 is 1.69 bits per heavy atom.